The van der Waals surface area contributed by atoms with Gasteiger partial charge in [0.1, 0.15) is 0 Å². The molecule has 0 aromatic carbocycles. The van der Waals surface area contributed by atoms with E-state index in [9.17, 15) is 5.11 Å². The third-order valence-corrected chi connectivity index (χ3v) is 5.13. The molecule has 0 bridgehead atoms. The fourth-order valence-electron chi connectivity index (χ4n) is 3.34. The van der Waals surface area contributed by atoms with Gasteiger partial charge in [0.05, 0.1) is 12.7 Å². The minimum Gasteiger partial charge on any atom is -0.394 e. The summed E-state index contributed by atoms with van der Waals surface area (Å²) < 4.78 is 5.74. The highest BCUT2D eigenvalue weighted by Gasteiger charge is 2.34. The molecule has 1 saturated heterocycles. The van der Waals surface area contributed by atoms with E-state index in [1.807, 2.05) is 0 Å². The van der Waals surface area contributed by atoms with E-state index in [1.165, 1.54) is 25.7 Å². The molecule has 0 radical (unpaired) electrons. The van der Waals surface area contributed by atoms with Gasteiger partial charge in [-0.1, -0.05) is 13.8 Å². The molecule has 4 heteroatoms. The third-order valence-electron chi connectivity index (χ3n) is 5.13. The van der Waals surface area contributed by atoms with Crippen LogP contribution in [0.4, 0.5) is 0 Å². The van der Waals surface area contributed by atoms with E-state index in [0.717, 1.165) is 45.5 Å². The molecule has 2 unspecified atom stereocenters. The summed E-state index contributed by atoms with van der Waals surface area (Å²) in [5.41, 5.74) is -0.0512. The average Bonchev–Trinajstić information content (AvgIpc) is 3.17. The van der Waals surface area contributed by atoms with E-state index >= 15 is 0 Å². The first-order valence-corrected chi connectivity index (χ1v) is 8.94. The molecule has 0 spiro atoms. The molecule has 1 aliphatic carbocycles. The molecule has 0 aromatic heterocycles. The second-order valence-corrected chi connectivity index (χ2v) is 6.84. The Labute approximate surface area is 130 Å². The van der Waals surface area contributed by atoms with Gasteiger partial charge >= 0.3 is 0 Å². The van der Waals surface area contributed by atoms with Crippen molar-refractivity contribution in [3.05, 3.63) is 0 Å². The third kappa shape index (κ3) is 5.51. The summed E-state index contributed by atoms with van der Waals surface area (Å²) in [5.74, 6) is 0. The van der Waals surface area contributed by atoms with Crippen LogP contribution < -0.4 is 5.32 Å². The van der Waals surface area contributed by atoms with Crippen molar-refractivity contribution in [2.75, 3.05) is 32.8 Å². The molecule has 124 valence electrons. The predicted octanol–water partition coefficient (Wildman–Crippen LogP) is 2.16. The quantitative estimate of drug-likeness (QED) is 0.613. The van der Waals surface area contributed by atoms with Gasteiger partial charge in [-0.3, -0.25) is 0 Å². The Kier molecular flexibility index (Phi) is 6.93. The summed E-state index contributed by atoms with van der Waals surface area (Å²) in [6.45, 7) is 8.91. The number of aliphatic hydroxyl groups is 1. The maximum absolute atomic E-state index is 9.81. The van der Waals surface area contributed by atoms with Crippen LogP contribution in [0.1, 0.15) is 58.8 Å². The molecule has 2 N–H and O–H groups in total. The van der Waals surface area contributed by atoms with Crippen LogP contribution in [0, 0.1) is 0 Å². The van der Waals surface area contributed by atoms with Crippen molar-refractivity contribution in [3.8, 4) is 0 Å². The minimum atomic E-state index is -0.0512. The van der Waals surface area contributed by atoms with Crippen LogP contribution in [0.25, 0.3) is 0 Å². The van der Waals surface area contributed by atoms with Crippen LogP contribution in [0.5, 0.6) is 0 Å². The first-order valence-electron chi connectivity index (χ1n) is 8.94. The number of aliphatic hydroxyl groups excluding tert-OH is 1. The largest absolute Gasteiger partial charge is 0.394 e. The Morgan fingerprint density at radius 3 is 2.62 bits per heavy atom. The lowest BCUT2D eigenvalue weighted by molar-refractivity contribution is 0.0717. The summed E-state index contributed by atoms with van der Waals surface area (Å²) in [4.78, 5) is 2.50. The monoisotopic (exact) mass is 298 g/mol. The predicted molar refractivity (Wildman–Crippen MR) is 86.6 cm³/mol. The Balaban J connectivity index is 1.71. The zero-order valence-corrected chi connectivity index (χ0v) is 13.9. The van der Waals surface area contributed by atoms with E-state index < -0.39 is 0 Å². The van der Waals surface area contributed by atoms with E-state index in [0.29, 0.717) is 12.1 Å². The minimum absolute atomic E-state index is 0.0512. The molecule has 4 nitrogen and oxygen atoms in total. The lowest BCUT2D eigenvalue weighted by Crippen LogP contribution is -2.49. The van der Waals surface area contributed by atoms with Crippen molar-refractivity contribution in [1.29, 1.82) is 0 Å². The Morgan fingerprint density at radius 1 is 1.29 bits per heavy atom. The van der Waals surface area contributed by atoms with Crippen LogP contribution in [0.15, 0.2) is 0 Å². The zero-order valence-electron chi connectivity index (χ0n) is 13.9. The lowest BCUT2D eigenvalue weighted by Gasteiger charge is -2.33. The van der Waals surface area contributed by atoms with Gasteiger partial charge in [-0.25, -0.2) is 0 Å². The van der Waals surface area contributed by atoms with E-state index in [2.05, 4.69) is 24.1 Å². The van der Waals surface area contributed by atoms with Crippen molar-refractivity contribution in [2.24, 2.45) is 0 Å². The SMILES string of the molecule is CCN(CCCC(CC)(CO)NC1CC1)CC1CCCO1. The van der Waals surface area contributed by atoms with Crippen LogP contribution in [-0.4, -0.2) is 60.5 Å². The summed E-state index contributed by atoms with van der Waals surface area (Å²) in [5, 5.41) is 13.5. The molecular weight excluding hydrogens is 264 g/mol. The first kappa shape index (κ1) is 17.2. The molecule has 1 saturated carbocycles. The maximum Gasteiger partial charge on any atom is 0.0702 e. The number of hydrogen-bond acceptors (Lipinski definition) is 4. The van der Waals surface area contributed by atoms with Crippen molar-refractivity contribution in [2.45, 2.75) is 76.5 Å². The number of hydrogen-bond donors (Lipinski definition) is 2. The molecule has 0 amide bonds. The smallest absolute Gasteiger partial charge is 0.0702 e. The Bertz CT molecular complexity index is 285. The van der Waals surface area contributed by atoms with Gasteiger partial charge < -0.3 is 20.1 Å². The highest BCUT2D eigenvalue weighted by Crippen LogP contribution is 2.27. The number of rotatable bonds is 11. The van der Waals surface area contributed by atoms with Crippen LogP contribution >= 0.6 is 0 Å². The van der Waals surface area contributed by atoms with Crippen molar-refractivity contribution in [3.63, 3.8) is 0 Å². The summed E-state index contributed by atoms with van der Waals surface area (Å²) in [7, 11) is 0. The second-order valence-electron chi connectivity index (χ2n) is 6.84. The van der Waals surface area contributed by atoms with Gasteiger partial charge in [-0.05, 0) is 58.0 Å². The van der Waals surface area contributed by atoms with Gasteiger partial charge in [0.2, 0.25) is 0 Å². The van der Waals surface area contributed by atoms with E-state index in [4.69, 9.17) is 4.74 Å². The second kappa shape index (κ2) is 8.47. The summed E-state index contributed by atoms with van der Waals surface area (Å²) in [6.07, 6.45) is 8.67. The fourth-order valence-corrected chi connectivity index (χ4v) is 3.34. The summed E-state index contributed by atoms with van der Waals surface area (Å²) in [6, 6.07) is 0.659. The highest BCUT2D eigenvalue weighted by molar-refractivity contribution is 4.94. The average molecular weight is 298 g/mol. The molecule has 2 fully saturated rings. The number of likely N-dealkylation sites (N-methyl/N-ethyl adjacent to an activating group) is 1. The van der Waals surface area contributed by atoms with Gasteiger partial charge in [-0.15, -0.1) is 0 Å². The van der Waals surface area contributed by atoms with E-state index in [1.54, 1.807) is 0 Å². The fraction of sp³-hybridized carbons (Fsp3) is 1.00. The van der Waals surface area contributed by atoms with E-state index in [-0.39, 0.29) is 12.1 Å². The van der Waals surface area contributed by atoms with Gasteiger partial charge in [-0.2, -0.15) is 0 Å². The molecule has 2 atom stereocenters. The summed E-state index contributed by atoms with van der Waals surface area (Å²) >= 11 is 0. The molecule has 21 heavy (non-hydrogen) atoms. The van der Waals surface area contributed by atoms with Gasteiger partial charge in [0.15, 0.2) is 0 Å². The standard InChI is InChI=1S/C17H34N2O2/c1-3-17(14-20,18-15-8-9-15)10-6-11-19(4-2)13-16-7-5-12-21-16/h15-16,18,20H,3-14H2,1-2H3. The van der Waals surface area contributed by atoms with Gasteiger partial charge in [0, 0.05) is 24.7 Å². The normalized spacial score (nSPS) is 25.4. The Morgan fingerprint density at radius 2 is 2.10 bits per heavy atom. The number of nitrogens with one attached hydrogen (secondary N) is 1. The molecular formula is C17H34N2O2. The maximum atomic E-state index is 9.81. The molecule has 2 aliphatic rings. The number of nitrogens with zero attached hydrogens (tertiary/aromatic N) is 1. The van der Waals surface area contributed by atoms with Crippen molar-refractivity contribution in [1.82, 2.24) is 10.2 Å². The molecule has 2 rings (SSSR count). The topological polar surface area (TPSA) is 44.7 Å². The van der Waals surface area contributed by atoms with Crippen molar-refractivity contribution >= 4 is 0 Å². The molecule has 0 aromatic rings. The first-order chi connectivity index (χ1) is 10.2. The van der Waals surface area contributed by atoms with Crippen LogP contribution in [-0.2, 0) is 4.74 Å². The van der Waals surface area contributed by atoms with Gasteiger partial charge in [0.25, 0.3) is 0 Å². The highest BCUT2D eigenvalue weighted by atomic mass is 16.5. The molecule has 1 aliphatic heterocycles. The lowest BCUT2D eigenvalue weighted by atomic mass is 9.91. The van der Waals surface area contributed by atoms with Crippen molar-refractivity contribution < 1.29 is 9.84 Å². The zero-order chi connectivity index (χ0) is 15.1. The molecule has 1 heterocycles. The van der Waals surface area contributed by atoms with Crippen LogP contribution in [0.2, 0.25) is 0 Å². The number of ether oxygens (including phenoxy) is 1. The Hall–Kier alpha value is -0.160. The van der Waals surface area contributed by atoms with Crippen LogP contribution in [0.3, 0.4) is 0 Å².